The fourth-order valence-electron chi connectivity index (χ4n) is 3.37. The van der Waals surface area contributed by atoms with Crippen LogP contribution in [0.4, 0.5) is 13.2 Å². The molecule has 4 aromatic rings. The van der Waals surface area contributed by atoms with Crippen LogP contribution in [0, 0.1) is 0 Å². The minimum absolute atomic E-state index is 0.0772. The molecule has 0 radical (unpaired) electrons. The molecular weight excluding hydrogens is 397 g/mol. The SMILES string of the molecule is CCn1c(=O)c2ccnn2c2ccc(C(=O)NCc3ccc(C(F)(F)F)cc3)cc21. The Morgan fingerprint density at radius 2 is 1.77 bits per heavy atom. The number of nitrogens with zero attached hydrogens (tertiary/aromatic N) is 3. The number of aryl methyl sites for hydroxylation is 1. The normalized spacial score (nSPS) is 11.9. The fraction of sp³-hybridized carbons (Fsp3) is 0.190. The van der Waals surface area contributed by atoms with Crippen LogP contribution < -0.4 is 10.9 Å². The molecule has 154 valence electrons. The standard InChI is InChI=1S/C21H17F3N4O2/c1-2-27-18-11-14(5-8-16(18)28-17(20(27)30)9-10-26-28)19(29)25-12-13-3-6-15(7-4-13)21(22,23)24/h3-11H,2,12H2,1H3,(H,25,29). The third-order valence-electron chi connectivity index (χ3n) is 4.91. The molecule has 1 amide bonds. The smallest absolute Gasteiger partial charge is 0.348 e. The monoisotopic (exact) mass is 414 g/mol. The van der Waals surface area contributed by atoms with Gasteiger partial charge in [-0.2, -0.15) is 18.3 Å². The third kappa shape index (κ3) is 3.42. The maximum absolute atomic E-state index is 12.6. The number of hydrogen-bond donors (Lipinski definition) is 1. The van der Waals surface area contributed by atoms with Gasteiger partial charge in [-0.1, -0.05) is 12.1 Å². The van der Waals surface area contributed by atoms with Gasteiger partial charge in [-0.05, 0) is 48.9 Å². The number of amides is 1. The first kappa shape index (κ1) is 19.7. The van der Waals surface area contributed by atoms with Gasteiger partial charge in [0.2, 0.25) is 0 Å². The van der Waals surface area contributed by atoms with Gasteiger partial charge < -0.3 is 9.88 Å². The molecule has 0 aliphatic carbocycles. The van der Waals surface area contributed by atoms with E-state index in [0.29, 0.717) is 34.2 Å². The van der Waals surface area contributed by atoms with Gasteiger partial charge in [0.1, 0.15) is 5.52 Å². The molecule has 0 fully saturated rings. The lowest BCUT2D eigenvalue weighted by Gasteiger charge is -2.12. The Bertz CT molecular complexity index is 1300. The first-order valence-corrected chi connectivity index (χ1v) is 9.24. The van der Waals surface area contributed by atoms with Crippen molar-refractivity contribution in [3.05, 3.63) is 81.8 Å². The highest BCUT2D eigenvalue weighted by atomic mass is 19.4. The van der Waals surface area contributed by atoms with Crippen molar-refractivity contribution in [3.63, 3.8) is 0 Å². The lowest BCUT2D eigenvalue weighted by atomic mass is 10.1. The second-order valence-corrected chi connectivity index (χ2v) is 6.76. The molecule has 0 saturated carbocycles. The lowest BCUT2D eigenvalue weighted by molar-refractivity contribution is -0.137. The Morgan fingerprint density at radius 1 is 1.03 bits per heavy atom. The van der Waals surface area contributed by atoms with Gasteiger partial charge in [0.25, 0.3) is 11.5 Å². The van der Waals surface area contributed by atoms with Crippen molar-refractivity contribution < 1.29 is 18.0 Å². The van der Waals surface area contributed by atoms with E-state index in [1.807, 2.05) is 6.92 Å². The predicted octanol–water partition coefficient (Wildman–Crippen LogP) is 3.62. The summed E-state index contributed by atoms with van der Waals surface area (Å²) in [6, 6.07) is 11.2. The van der Waals surface area contributed by atoms with Crippen LogP contribution in [0.25, 0.3) is 16.6 Å². The van der Waals surface area contributed by atoms with Crippen LogP contribution in [0.3, 0.4) is 0 Å². The van der Waals surface area contributed by atoms with Crippen molar-refractivity contribution in [1.29, 1.82) is 0 Å². The quantitative estimate of drug-likeness (QED) is 0.555. The molecule has 9 heteroatoms. The van der Waals surface area contributed by atoms with Gasteiger partial charge in [0.15, 0.2) is 0 Å². The van der Waals surface area contributed by atoms with Crippen LogP contribution in [0.15, 0.2) is 59.5 Å². The first-order valence-electron chi connectivity index (χ1n) is 9.24. The number of halogens is 3. The van der Waals surface area contributed by atoms with Crippen LogP contribution in [-0.4, -0.2) is 20.1 Å². The van der Waals surface area contributed by atoms with Crippen LogP contribution >= 0.6 is 0 Å². The molecule has 4 rings (SSSR count). The van der Waals surface area contributed by atoms with E-state index in [1.54, 1.807) is 35.0 Å². The fourth-order valence-corrected chi connectivity index (χ4v) is 3.37. The maximum Gasteiger partial charge on any atom is 0.416 e. The van der Waals surface area contributed by atoms with E-state index in [2.05, 4.69) is 10.4 Å². The molecule has 2 aromatic heterocycles. The summed E-state index contributed by atoms with van der Waals surface area (Å²) in [4.78, 5) is 25.2. The second kappa shape index (κ2) is 7.33. The van der Waals surface area contributed by atoms with Gasteiger partial charge in [-0.3, -0.25) is 9.59 Å². The summed E-state index contributed by atoms with van der Waals surface area (Å²) < 4.78 is 41.1. The summed E-state index contributed by atoms with van der Waals surface area (Å²) in [6.45, 7) is 2.34. The zero-order valence-electron chi connectivity index (χ0n) is 15.9. The Kier molecular flexibility index (Phi) is 4.81. The lowest BCUT2D eigenvalue weighted by Crippen LogP contribution is -2.25. The molecule has 0 saturated heterocycles. The van der Waals surface area contributed by atoms with Crippen LogP contribution in [-0.2, 0) is 19.3 Å². The van der Waals surface area contributed by atoms with Gasteiger partial charge in [0, 0.05) is 18.7 Å². The molecule has 0 aliphatic rings. The topological polar surface area (TPSA) is 68.4 Å². The van der Waals surface area contributed by atoms with E-state index in [1.165, 1.54) is 16.6 Å². The summed E-state index contributed by atoms with van der Waals surface area (Å²) in [6.07, 6.45) is -2.86. The molecule has 0 bridgehead atoms. The number of carbonyl (C=O) groups excluding carboxylic acids is 1. The molecule has 0 aliphatic heterocycles. The van der Waals surface area contributed by atoms with E-state index in [9.17, 15) is 22.8 Å². The molecule has 0 unspecified atom stereocenters. The Hall–Kier alpha value is -3.62. The number of benzene rings is 2. The van der Waals surface area contributed by atoms with E-state index in [4.69, 9.17) is 0 Å². The van der Waals surface area contributed by atoms with E-state index in [0.717, 1.165) is 12.1 Å². The van der Waals surface area contributed by atoms with Crippen LogP contribution in [0.1, 0.15) is 28.4 Å². The zero-order valence-corrected chi connectivity index (χ0v) is 15.9. The summed E-state index contributed by atoms with van der Waals surface area (Å²) >= 11 is 0. The first-order chi connectivity index (χ1) is 14.3. The molecule has 0 atom stereocenters. The summed E-state index contributed by atoms with van der Waals surface area (Å²) in [5.74, 6) is -0.396. The molecule has 2 aromatic carbocycles. The number of alkyl halides is 3. The Labute approximate surface area is 168 Å². The Balaban J connectivity index is 1.61. The van der Waals surface area contributed by atoms with E-state index >= 15 is 0 Å². The average molecular weight is 414 g/mol. The van der Waals surface area contributed by atoms with E-state index in [-0.39, 0.29) is 12.1 Å². The number of fused-ring (bicyclic) bond motifs is 3. The van der Waals surface area contributed by atoms with Gasteiger partial charge in [0.05, 0.1) is 22.8 Å². The minimum Gasteiger partial charge on any atom is -0.348 e. The van der Waals surface area contributed by atoms with Gasteiger partial charge in [-0.15, -0.1) is 0 Å². The van der Waals surface area contributed by atoms with Crippen LogP contribution in [0.2, 0.25) is 0 Å². The number of hydrogen-bond acceptors (Lipinski definition) is 3. The zero-order chi connectivity index (χ0) is 21.5. The maximum atomic E-state index is 12.6. The van der Waals surface area contributed by atoms with Crippen molar-refractivity contribution in [2.45, 2.75) is 26.2 Å². The largest absolute Gasteiger partial charge is 0.416 e. The molecule has 30 heavy (non-hydrogen) atoms. The van der Waals surface area contributed by atoms with Crippen molar-refractivity contribution in [3.8, 4) is 0 Å². The number of aromatic nitrogens is 3. The minimum atomic E-state index is -4.40. The van der Waals surface area contributed by atoms with Crippen LogP contribution in [0.5, 0.6) is 0 Å². The predicted molar refractivity (Wildman–Crippen MR) is 105 cm³/mol. The highest BCUT2D eigenvalue weighted by Crippen LogP contribution is 2.29. The molecule has 1 N–H and O–H groups in total. The number of carbonyl (C=O) groups is 1. The summed E-state index contributed by atoms with van der Waals surface area (Å²) in [5.41, 5.74) is 1.64. The molecular formula is C21H17F3N4O2. The summed E-state index contributed by atoms with van der Waals surface area (Å²) in [5, 5.41) is 6.87. The molecule has 6 nitrogen and oxygen atoms in total. The number of nitrogens with one attached hydrogen (secondary N) is 1. The van der Waals surface area contributed by atoms with E-state index < -0.39 is 17.6 Å². The molecule has 2 heterocycles. The highest BCUT2D eigenvalue weighted by Gasteiger charge is 2.29. The third-order valence-corrected chi connectivity index (χ3v) is 4.91. The second-order valence-electron chi connectivity index (χ2n) is 6.76. The van der Waals surface area contributed by atoms with Crippen molar-refractivity contribution in [2.24, 2.45) is 0 Å². The van der Waals surface area contributed by atoms with Crippen molar-refractivity contribution in [2.75, 3.05) is 0 Å². The van der Waals surface area contributed by atoms with Crippen molar-refractivity contribution >= 4 is 22.5 Å². The highest BCUT2D eigenvalue weighted by molar-refractivity contribution is 5.97. The summed E-state index contributed by atoms with van der Waals surface area (Å²) in [7, 11) is 0. The Morgan fingerprint density at radius 3 is 2.43 bits per heavy atom. The van der Waals surface area contributed by atoms with Crippen molar-refractivity contribution in [1.82, 2.24) is 19.5 Å². The average Bonchev–Trinajstić information content (AvgIpc) is 3.22. The number of rotatable bonds is 4. The van der Waals surface area contributed by atoms with Gasteiger partial charge >= 0.3 is 6.18 Å². The van der Waals surface area contributed by atoms with Gasteiger partial charge in [-0.25, -0.2) is 4.52 Å². The molecule has 0 spiro atoms.